The molecule has 12 heteroatoms. The van der Waals surface area contributed by atoms with E-state index in [1.54, 1.807) is 0 Å². The zero-order valence-corrected chi connectivity index (χ0v) is 17.0. The Bertz CT molecular complexity index is 1230. The normalized spacial score (nSPS) is 16.4. The minimum Gasteiger partial charge on any atom is -0.341 e. The Labute approximate surface area is 183 Å². The predicted octanol–water partition coefficient (Wildman–Crippen LogP) is 4.35. The first kappa shape index (κ1) is 21.8. The van der Waals surface area contributed by atoms with Gasteiger partial charge in [-0.05, 0) is 37.3 Å². The van der Waals surface area contributed by atoms with Crippen molar-refractivity contribution in [3.8, 4) is 0 Å². The molecule has 32 heavy (non-hydrogen) atoms. The number of amides is 2. The van der Waals surface area contributed by atoms with Gasteiger partial charge in [-0.25, -0.2) is 4.39 Å². The van der Waals surface area contributed by atoms with Gasteiger partial charge < -0.3 is 10.6 Å². The van der Waals surface area contributed by atoms with Crippen LogP contribution in [0.25, 0.3) is 0 Å². The maximum Gasteiger partial charge on any atom is 0.397 e. The molecule has 0 spiro atoms. The Morgan fingerprint density at radius 3 is 2.69 bits per heavy atom. The van der Waals surface area contributed by atoms with Gasteiger partial charge >= 0.3 is 6.18 Å². The average Bonchev–Trinajstić information content (AvgIpc) is 3.34. The van der Waals surface area contributed by atoms with Crippen molar-refractivity contribution >= 4 is 29.1 Å². The summed E-state index contributed by atoms with van der Waals surface area (Å²) in [7, 11) is 0. The van der Waals surface area contributed by atoms with Crippen LogP contribution in [0, 0.1) is 5.82 Å². The van der Waals surface area contributed by atoms with Crippen molar-refractivity contribution < 1.29 is 27.2 Å². The lowest BCUT2D eigenvalue weighted by molar-refractivity contribution is -0.147. The van der Waals surface area contributed by atoms with Gasteiger partial charge in [0.1, 0.15) is 11.5 Å². The fraction of sp³-hybridized carbons (Fsp3) is 0.200. The Hall–Kier alpha value is -3.47. The summed E-state index contributed by atoms with van der Waals surface area (Å²) in [4.78, 5) is 25.2. The summed E-state index contributed by atoms with van der Waals surface area (Å²) in [5.41, 5.74) is -0.214. The van der Waals surface area contributed by atoms with E-state index in [0.717, 1.165) is 19.1 Å². The minimum absolute atomic E-state index is 0.129. The van der Waals surface area contributed by atoms with E-state index in [9.17, 15) is 27.2 Å². The van der Waals surface area contributed by atoms with Crippen LogP contribution in [0.2, 0.25) is 5.02 Å². The number of rotatable bonds is 4. The van der Waals surface area contributed by atoms with Gasteiger partial charge in [0.15, 0.2) is 5.69 Å². The number of hydrogen-bond donors (Lipinski definition) is 3. The molecule has 2 heterocycles. The molecule has 0 unspecified atom stereocenters. The number of carbonyl (C=O) groups excluding carboxylic acids is 2. The molecule has 1 aliphatic heterocycles. The second-order valence-electron chi connectivity index (χ2n) is 7.11. The number of nitrogens with one attached hydrogen (secondary N) is 3. The number of nitrogens with zero attached hydrogens (tertiary/aromatic N) is 2. The first-order chi connectivity index (χ1) is 15.1. The highest BCUT2D eigenvalue weighted by atomic mass is 35.5. The van der Waals surface area contributed by atoms with E-state index in [1.165, 1.54) is 24.3 Å². The molecule has 4 rings (SSSR count). The molecule has 166 valence electrons. The van der Waals surface area contributed by atoms with Crippen molar-refractivity contribution in [3.05, 3.63) is 75.3 Å². The quantitative estimate of drug-likeness (QED) is 0.497. The molecule has 2 atom stereocenters. The van der Waals surface area contributed by atoms with Crippen molar-refractivity contribution in [2.45, 2.75) is 25.1 Å². The van der Waals surface area contributed by atoms with E-state index in [0.29, 0.717) is 5.56 Å². The van der Waals surface area contributed by atoms with E-state index in [4.69, 9.17) is 11.6 Å². The van der Waals surface area contributed by atoms with Gasteiger partial charge in [0.05, 0.1) is 12.0 Å². The maximum absolute atomic E-state index is 13.8. The number of halogens is 5. The Kier molecular flexibility index (Phi) is 5.37. The molecular formula is C20H14ClF4N5O2. The van der Waals surface area contributed by atoms with Crippen LogP contribution < -0.4 is 10.6 Å². The van der Waals surface area contributed by atoms with Gasteiger partial charge in [-0.3, -0.25) is 9.59 Å². The molecule has 3 N–H and O–H groups in total. The van der Waals surface area contributed by atoms with E-state index in [2.05, 4.69) is 20.8 Å². The third-order valence-corrected chi connectivity index (χ3v) is 5.47. The van der Waals surface area contributed by atoms with Crippen LogP contribution in [0.3, 0.4) is 0 Å². The third kappa shape index (κ3) is 3.79. The second kappa shape index (κ2) is 7.90. The van der Waals surface area contributed by atoms with E-state index >= 15 is 0 Å². The number of benzene rings is 2. The molecular weight excluding hydrogens is 454 g/mol. The molecule has 0 saturated carbocycles. The number of H-pyrrole nitrogens is 1. The second-order valence-corrected chi connectivity index (χ2v) is 7.52. The monoisotopic (exact) mass is 467 g/mol. The number of aromatic nitrogens is 3. The summed E-state index contributed by atoms with van der Waals surface area (Å²) in [6.45, 7) is 0.861. The summed E-state index contributed by atoms with van der Waals surface area (Å²) in [6, 6.07) is 7.21. The molecule has 0 aliphatic carbocycles. The smallest absolute Gasteiger partial charge is 0.341 e. The van der Waals surface area contributed by atoms with Crippen molar-refractivity contribution in [2.24, 2.45) is 0 Å². The summed E-state index contributed by atoms with van der Waals surface area (Å²) in [6.07, 6.45) is -4.63. The van der Waals surface area contributed by atoms with E-state index < -0.39 is 47.2 Å². The van der Waals surface area contributed by atoms with E-state index in [1.807, 2.05) is 5.21 Å². The van der Waals surface area contributed by atoms with Crippen LogP contribution in [0.4, 0.5) is 23.2 Å². The highest BCUT2D eigenvalue weighted by Crippen LogP contribution is 2.39. The van der Waals surface area contributed by atoms with Crippen molar-refractivity contribution in [1.29, 1.82) is 0 Å². The molecule has 2 amide bonds. The first-order valence-corrected chi connectivity index (χ1v) is 9.63. The van der Waals surface area contributed by atoms with Gasteiger partial charge in [-0.15, -0.1) is 0 Å². The predicted molar refractivity (Wildman–Crippen MR) is 106 cm³/mol. The average molecular weight is 468 g/mol. The molecule has 0 saturated heterocycles. The van der Waals surface area contributed by atoms with Gasteiger partial charge in [-0.1, -0.05) is 17.7 Å². The highest BCUT2D eigenvalue weighted by Gasteiger charge is 2.41. The Balaban J connectivity index is 1.73. The van der Waals surface area contributed by atoms with Crippen molar-refractivity contribution in [2.75, 3.05) is 5.32 Å². The van der Waals surface area contributed by atoms with Crippen LogP contribution >= 0.6 is 11.6 Å². The standard InChI is InChI=1S/C20H14ClF4N5O2/c1-8(20(23,24)25)15-17(29-30-28-15)19(32)26-13-4-2-3-10-14(13)16(27-18(10)31)11-7-9(22)5-6-12(11)21/h2-8,16H,1H3,(H,26,32)(H,27,31)(H,28,29,30)/t8-,16-/m0/s1. The SMILES string of the molecule is C[C@@H](c1n[nH]nc1C(=O)Nc1cccc2c1[C@H](c1cc(F)ccc1Cl)NC2=O)C(F)(F)F. The molecule has 2 aromatic carbocycles. The fourth-order valence-electron chi connectivity index (χ4n) is 3.48. The number of carbonyl (C=O) groups is 2. The van der Waals surface area contributed by atoms with Gasteiger partial charge in [0.2, 0.25) is 0 Å². The number of aromatic amines is 1. The van der Waals surface area contributed by atoms with Gasteiger partial charge in [0.25, 0.3) is 11.8 Å². The summed E-state index contributed by atoms with van der Waals surface area (Å²) < 4.78 is 53.2. The topological polar surface area (TPSA) is 99.8 Å². The van der Waals surface area contributed by atoms with Crippen molar-refractivity contribution in [3.63, 3.8) is 0 Å². The molecule has 0 fully saturated rings. The Morgan fingerprint density at radius 1 is 1.22 bits per heavy atom. The summed E-state index contributed by atoms with van der Waals surface area (Å²) in [5, 5.41) is 14.4. The fourth-order valence-corrected chi connectivity index (χ4v) is 3.70. The Morgan fingerprint density at radius 2 is 1.97 bits per heavy atom. The lowest BCUT2D eigenvalue weighted by Gasteiger charge is -2.18. The highest BCUT2D eigenvalue weighted by molar-refractivity contribution is 6.31. The molecule has 7 nitrogen and oxygen atoms in total. The number of hydrogen-bond acceptors (Lipinski definition) is 4. The molecule has 1 aromatic heterocycles. The molecule has 0 bridgehead atoms. The lowest BCUT2D eigenvalue weighted by Crippen LogP contribution is -2.23. The molecule has 3 aromatic rings. The van der Waals surface area contributed by atoms with Crippen LogP contribution in [0.15, 0.2) is 36.4 Å². The van der Waals surface area contributed by atoms with Crippen LogP contribution in [-0.4, -0.2) is 33.4 Å². The van der Waals surface area contributed by atoms with Gasteiger partial charge in [-0.2, -0.15) is 28.6 Å². The van der Waals surface area contributed by atoms with Crippen molar-refractivity contribution in [1.82, 2.24) is 20.7 Å². The van der Waals surface area contributed by atoms with E-state index in [-0.39, 0.29) is 21.8 Å². The first-order valence-electron chi connectivity index (χ1n) is 9.25. The third-order valence-electron chi connectivity index (χ3n) is 5.12. The number of anilines is 1. The lowest BCUT2D eigenvalue weighted by atomic mass is 9.96. The van der Waals surface area contributed by atoms with Crippen LogP contribution in [0.5, 0.6) is 0 Å². The van der Waals surface area contributed by atoms with Crippen LogP contribution in [-0.2, 0) is 0 Å². The zero-order valence-electron chi connectivity index (χ0n) is 16.2. The minimum atomic E-state index is -4.63. The summed E-state index contributed by atoms with van der Waals surface area (Å²) >= 11 is 6.19. The van der Waals surface area contributed by atoms with Crippen LogP contribution in [0.1, 0.15) is 56.6 Å². The maximum atomic E-state index is 13.8. The largest absolute Gasteiger partial charge is 0.397 e. The number of fused-ring (bicyclic) bond motifs is 1. The zero-order chi connectivity index (χ0) is 23.2. The van der Waals surface area contributed by atoms with Gasteiger partial charge in [0, 0.05) is 27.4 Å². The summed E-state index contributed by atoms with van der Waals surface area (Å²) in [5.74, 6) is -4.05. The molecule has 1 aliphatic rings. The number of alkyl halides is 3. The molecule has 0 radical (unpaired) electrons.